The van der Waals surface area contributed by atoms with Crippen molar-refractivity contribution in [3.05, 3.63) is 75.3 Å². The minimum Gasteiger partial charge on any atom is -0.326 e. The van der Waals surface area contributed by atoms with Gasteiger partial charge in [-0.3, -0.25) is 35.3 Å². The van der Waals surface area contributed by atoms with E-state index in [1.165, 1.54) is 36.4 Å². The van der Waals surface area contributed by atoms with Gasteiger partial charge in [0.05, 0.1) is 4.92 Å². The van der Waals surface area contributed by atoms with Crippen LogP contribution in [0, 0.1) is 24.0 Å². The van der Waals surface area contributed by atoms with Gasteiger partial charge in [0.2, 0.25) is 11.8 Å². The minimum atomic E-state index is -0.582. The minimum absolute atomic E-state index is 0.0341. The molecule has 30 heavy (non-hydrogen) atoms. The summed E-state index contributed by atoms with van der Waals surface area (Å²) in [4.78, 5) is 45.6. The van der Waals surface area contributed by atoms with Crippen LogP contribution in [0.2, 0.25) is 0 Å². The van der Waals surface area contributed by atoms with Gasteiger partial charge in [-0.05, 0) is 49.2 Å². The maximum absolute atomic E-state index is 12.0. The van der Waals surface area contributed by atoms with E-state index in [0.717, 1.165) is 11.1 Å². The van der Waals surface area contributed by atoms with Crippen molar-refractivity contribution in [3.63, 3.8) is 0 Å². The Labute approximate surface area is 173 Å². The van der Waals surface area contributed by atoms with E-state index in [4.69, 9.17) is 0 Å². The van der Waals surface area contributed by atoms with Crippen LogP contribution in [0.25, 0.3) is 6.08 Å². The van der Waals surface area contributed by atoms with Gasteiger partial charge in [0, 0.05) is 36.7 Å². The van der Waals surface area contributed by atoms with Crippen molar-refractivity contribution in [1.29, 1.82) is 0 Å². The highest BCUT2D eigenvalue weighted by atomic mass is 16.6. The van der Waals surface area contributed by atoms with E-state index in [0.29, 0.717) is 11.3 Å². The third kappa shape index (κ3) is 7.19. The number of nitrogens with zero attached hydrogens (tertiary/aromatic N) is 1. The Kier molecular flexibility index (Phi) is 7.81. The second-order valence-corrected chi connectivity index (χ2v) is 6.59. The highest BCUT2D eigenvalue weighted by Crippen LogP contribution is 2.16. The zero-order valence-corrected chi connectivity index (χ0v) is 16.6. The SMILES string of the molecule is Cc1ccc(NC(=O)CCC(=O)NNC(=O)/C=C/c2ccc([N+](=O)[O-])cc2)c(C)c1. The van der Waals surface area contributed by atoms with Gasteiger partial charge in [-0.15, -0.1) is 0 Å². The summed E-state index contributed by atoms with van der Waals surface area (Å²) in [5, 5.41) is 13.3. The van der Waals surface area contributed by atoms with Crippen LogP contribution in [-0.4, -0.2) is 22.6 Å². The van der Waals surface area contributed by atoms with Gasteiger partial charge in [0.25, 0.3) is 11.6 Å². The topological polar surface area (TPSA) is 130 Å². The van der Waals surface area contributed by atoms with Crippen molar-refractivity contribution < 1.29 is 19.3 Å². The Morgan fingerprint density at radius 1 is 0.967 bits per heavy atom. The lowest BCUT2D eigenvalue weighted by Crippen LogP contribution is -2.41. The molecule has 0 aromatic heterocycles. The van der Waals surface area contributed by atoms with Gasteiger partial charge in [0.1, 0.15) is 0 Å². The number of hydrogen-bond acceptors (Lipinski definition) is 5. The summed E-state index contributed by atoms with van der Waals surface area (Å²) >= 11 is 0. The maximum Gasteiger partial charge on any atom is 0.269 e. The number of nitrogens with one attached hydrogen (secondary N) is 3. The number of hydrogen-bond donors (Lipinski definition) is 3. The number of benzene rings is 2. The molecule has 0 saturated carbocycles. The standard InChI is InChI=1S/C21H22N4O5/c1-14-3-9-18(15(2)13-14)22-19(26)11-12-21(28)24-23-20(27)10-6-16-4-7-17(8-5-16)25(29)30/h3-10,13H,11-12H2,1-2H3,(H,22,26)(H,23,27)(H,24,28)/b10-6+. The Balaban J connectivity index is 1.72. The number of nitro groups is 1. The lowest BCUT2D eigenvalue weighted by Gasteiger charge is -2.09. The van der Waals surface area contributed by atoms with Crippen molar-refractivity contribution in [2.45, 2.75) is 26.7 Å². The molecule has 0 aliphatic carbocycles. The van der Waals surface area contributed by atoms with E-state index >= 15 is 0 Å². The van der Waals surface area contributed by atoms with E-state index in [9.17, 15) is 24.5 Å². The van der Waals surface area contributed by atoms with Crippen molar-refractivity contribution >= 4 is 35.2 Å². The maximum atomic E-state index is 12.0. The van der Waals surface area contributed by atoms with Crippen molar-refractivity contribution in [3.8, 4) is 0 Å². The molecule has 0 unspecified atom stereocenters. The zero-order chi connectivity index (χ0) is 22.1. The highest BCUT2D eigenvalue weighted by Gasteiger charge is 2.09. The lowest BCUT2D eigenvalue weighted by molar-refractivity contribution is -0.384. The predicted octanol–water partition coefficient (Wildman–Crippen LogP) is 2.79. The Bertz CT molecular complexity index is 983. The summed E-state index contributed by atoms with van der Waals surface area (Å²) < 4.78 is 0. The molecule has 0 heterocycles. The van der Waals surface area contributed by atoms with Crippen LogP contribution in [0.4, 0.5) is 11.4 Å². The quantitative estimate of drug-likeness (QED) is 0.367. The summed E-state index contributed by atoms with van der Waals surface area (Å²) in [6, 6.07) is 11.3. The van der Waals surface area contributed by atoms with Gasteiger partial charge >= 0.3 is 0 Å². The Morgan fingerprint density at radius 2 is 1.63 bits per heavy atom. The van der Waals surface area contributed by atoms with Crippen LogP contribution in [0.3, 0.4) is 0 Å². The molecule has 3 N–H and O–H groups in total. The van der Waals surface area contributed by atoms with E-state index in [2.05, 4.69) is 16.2 Å². The largest absolute Gasteiger partial charge is 0.326 e. The molecule has 0 atom stereocenters. The van der Waals surface area contributed by atoms with Gasteiger partial charge < -0.3 is 5.32 Å². The van der Waals surface area contributed by atoms with Gasteiger partial charge in [-0.1, -0.05) is 17.7 Å². The molecular formula is C21H22N4O5. The molecule has 2 aromatic carbocycles. The average Bonchev–Trinajstić information content (AvgIpc) is 2.71. The van der Waals surface area contributed by atoms with Crippen LogP contribution in [0.1, 0.15) is 29.5 Å². The fourth-order valence-corrected chi connectivity index (χ4v) is 2.51. The molecule has 0 aliphatic heterocycles. The van der Waals surface area contributed by atoms with E-state index in [1.807, 2.05) is 26.0 Å². The van der Waals surface area contributed by atoms with Crippen LogP contribution >= 0.6 is 0 Å². The predicted molar refractivity (Wildman–Crippen MR) is 112 cm³/mol. The van der Waals surface area contributed by atoms with Gasteiger partial charge in [-0.2, -0.15) is 0 Å². The number of non-ortho nitro benzene ring substituents is 1. The Hall–Kier alpha value is -4.01. The molecule has 2 rings (SSSR count). The number of rotatable bonds is 7. The number of anilines is 1. The number of aryl methyl sites for hydroxylation is 2. The summed E-state index contributed by atoms with van der Waals surface area (Å²) in [5.74, 6) is -1.40. The molecule has 0 spiro atoms. The first kappa shape index (κ1) is 22.3. The van der Waals surface area contributed by atoms with Crippen LogP contribution in [-0.2, 0) is 14.4 Å². The highest BCUT2D eigenvalue weighted by molar-refractivity contribution is 5.95. The molecule has 3 amide bonds. The van der Waals surface area contributed by atoms with E-state index < -0.39 is 16.7 Å². The lowest BCUT2D eigenvalue weighted by atomic mass is 10.1. The fourth-order valence-electron chi connectivity index (χ4n) is 2.51. The van der Waals surface area contributed by atoms with E-state index in [1.54, 1.807) is 6.07 Å². The number of carbonyl (C=O) groups excluding carboxylic acids is 3. The van der Waals surface area contributed by atoms with Crippen molar-refractivity contribution in [2.75, 3.05) is 5.32 Å². The molecule has 2 aromatic rings. The van der Waals surface area contributed by atoms with E-state index in [-0.39, 0.29) is 24.4 Å². The van der Waals surface area contributed by atoms with Gasteiger partial charge in [-0.25, -0.2) is 0 Å². The second-order valence-electron chi connectivity index (χ2n) is 6.59. The smallest absolute Gasteiger partial charge is 0.269 e. The normalized spacial score (nSPS) is 10.5. The first-order valence-electron chi connectivity index (χ1n) is 9.13. The molecule has 0 aliphatic rings. The molecule has 156 valence electrons. The van der Waals surface area contributed by atoms with Crippen molar-refractivity contribution in [2.24, 2.45) is 0 Å². The molecule has 0 bridgehead atoms. The first-order chi connectivity index (χ1) is 14.2. The molecule has 0 saturated heterocycles. The summed E-state index contributed by atoms with van der Waals surface area (Å²) in [6.45, 7) is 3.84. The Morgan fingerprint density at radius 3 is 2.27 bits per heavy atom. The fraction of sp³-hybridized carbons (Fsp3) is 0.190. The molecule has 0 fully saturated rings. The average molecular weight is 410 g/mol. The third-order valence-electron chi connectivity index (χ3n) is 4.09. The number of amides is 3. The van der Waals surface area contributed by atoms with Crippen LogP contribution < -0.4 is 16.2 Å². The first-order valence-corrected chi connectivity index (χ1v) is 9.13. The summed E-state index contributed by atoms with van der Waals surface area (Å²) in [6.07, 6.45) is 2.49. The molecule has 0 radical (unpaired) electrons. The molecular weight excluding hydrogens is 388 g/mol. The number of nitro benzene ring substituents is 1. The number of hydrazine groups is 1. The monoisotopic (exact) mass is 410 g/mol. The molecule has 9 nitrogen and oxygen atoms in total. The third-order valence-corrected chi connectivity index (χ3v) is 4.09. The second kappa shape index (κ2) is 10.5. The van der Waals surface area contributed by atoms with Crippen LogP contribution in [0.15, 0.2) is 48.5 Å². The zero-order valence-electron chi connectivity index (χ0n) is 16.6. The summed E-state index contributed by atoms with van der Waals surface area (Å²) in [7, 11) is 0. The molecule has 9 heteroatoms. The number of carbonyl (C=O) groups is 3. The van der Waals surface area contributed by atoms with Crippen LogP contribution in [0.5, 0.6) is 0 Å². The summed E-state index contributed by atoms with van der Waals surface area (Å²) in [5.41, 5.74) is 7.67. The van der Waals surface area contributed by atoms with Crippen molar-refractivity contribution in [1.82, 2.24) is 10.9 Å². The van der Waals surface area contributed by atoms with Gasteiger partial charge in [0.15, 0.2) is 0 Å².